The Labute approximate surface area is 397 Å². The number of carbonyl (C=O) groups excluding carboxylic acids is 1. The van der Waals surface area contributed by atoms with Crippen molar-refractivity contribution in [1.82, 2.24) is 5.32 Å². The van der Waals surface area contributed by atoms with E-state index in [0.29, 0.717) is 19.3 Å². The highest BCUT2D eigenvalue weighted by atomic mass is 16.7. The minimum absolute atomic E-state index is 0.249. The summed E-state index contributed by atoms with van der Waals surface area (Å²) < 4.78 is 11.1. The maximum Gasteiger partial charge on any atom is 0.249 e. The van der Waals surface area contributed by atoms with Crippen LogP contribution in [0.25, 0.3) is 0 Å². The van der Waals surface area contributed by atoms with E-state index in [4.69, 9.17) is 9.47 Å². The third kappa shape index (κ3) is 32.9. The minimum atomic E-state index is -1.67. The molecule has 0 bridgehead atoms. The fourth-order valence-electron chi connectivity index (χ4n) is 8.75. The summed E-state index contributed by atoms with van der Waals surface area (Å²) in [5, 5.41) is 75.9. The monoisotopic (exact) mass is 926 g/mol. The molecule has 1 heterocycles. The number of carbonyl (C=O) groups is 1. The minimum Gasteiger partial charge on any atom is -0.394 e. The molecule has 1 saturated heterocycles. The van der Waals surface area contributed by atoms with E-state index < -0.39 is 74.2 Å². The second kappa shape index (κ2) is 43.8. The normalized spacial score (nSPS) is 21.0. The first-order valence-electron chi connectivity index (χ1n) is 27.2. The van der Waals surface area contributed by atoms with Crippen LogP contribution in [0.5, 0.6) is 0 Å². The Balaban J connectivity index is 2.38. The van der Waals surface area contributed by atoms with Crippen molar-refractivity contribution in [3.8, 4) is 0 Å². The molecule has 8 N–H and O–H groups in total. The highest BCUT2D eigenvalue weighted by Gasteiger charge is 2.44. The molecule has 11 heteroatoms. The molecule has 0 aromatic carbocycles. The maximum absolute atomic E-state index is 13.1. The summed E-state index contributed by atoms with van der Waals surface area (Å²) in [6.07, 6.45) is 39.5. The third-order valence-corrected chi connectivity index (χ3v) is 13.2. The molecule has 0 radical (unpaired) electrons. The van der Waals surface area contributed by atoms with E-state index in [-0.39, 0.29) is 12.8 Å². The molecule has 1 rings (SSSR count). The predicted octanol–water partition coefficient (Wildman–Crippen LogP) is 10.6. The van der Waals surface area contributed by atoms with Crippen LogP contribution < -0.4 is 5.32 Å². The van der Waals surface area contributed by atoms with Gasteiger partial charge in [0.2, 0.25) is 5.91 Å². The lowest BCUT2D eigenvalue weighted by Crippen LogP contribution is -2.60. The van der Waals surface area contributed by atoms with Gasteiger partial charge in [-0.25, -0.2) is 0 Å². The van der Waals surface area contributed by atoms with Crippen LogP contribution in [0.2, 0.25) is 0 Å². The zero-order chi connectivity index (χ0) is 47.6. The average Bonchev–Trinajstić information content (AvgIpc) is 3.31. The Kier molecular flexibility index (Phi) is 41.6. The number of nitrogens with one attached hydrogen (secondary N) is 1. The fraction of sp³-hybridized carbons (Fsp3) is 0.907. The summed E-state index contributed by atoms with van der Waals surface area (Å²) in [6, 6.07) is -1.19. The second-order valence-corrected chi connectivity index (χ2v) is 19.3. The standard InChI is InChI=1S/C54H103NO10/c1-3-5-7-9-11-13-15-17-19-20-21-22-23-24-25-26-28-29-31-33-35-37-39-41-46(57)49(59)45(44-64-54-52(62)51(61)50(60)48(43-56)65-54)55-53(63)47(58)42-40-38-36-34-32-30-27-18-16-14-12-10-8-6-4-2/h26,28,33,35,45-52,54,56-62H,3-25,27,29-32,34,36-44H2,1-2H3,(H,55,63)/b28-26+,35-33+. The SMILES string of the molecule is CCCCCCCCCCCCCCCC/C=C/CC/C=C/CCCC(O)C(O)C(COC1OC(CO)C(O)C(O)C1O)NC(=O)C(O)CCCCCCCCCCCCCCCCC. The van der Waals surface area contributed by atoms with Gasteiger partial charge in [0.25, 0.3) is 0 Å². The van der Waals surface area contributed by atoms with E-state index in [1.54, 1.807) is 0 Å². The largest absolute Gasteiger partial charge is 0.394 e. The molecule has 1 amide bonds. The van der Waals surface area contributed by atoms with E-state index in [9.17, 15) is 40.5 Å². The first-order chi connectivity index (χ1) is 31.7. The van der Waals surface area contributed by atoms with Crippen molar-refractivity contribution in [1.29, 1.82) is 0 Å². The summed E-state index contributed by atoms with van der Waals surface area (Å²) in [5.74, 6) is -0.708. The van der Waals surface area contributed by atoms with Gasteiger partial charge in [-0.2, -0.15) is 0 Å². The molecule has 9 unspecified atom stereocenters. The molecule has 1 aliphatic heterocycles. The number of rotatable bonds is 46. The van der Waals surface area contributed by atoms with Crippen LogP contribution >= 0.6 is 0 Å². The Hall–Kier alpha value is -1.41. The van der Waals surface area contributed by atoms with E-state index in [1.807, 2.05) is 0 Å². The molecule has 65 heavy (non-hydrogen) atoms. The first kappa shape index (κ1) is 61.6. The molecular formula is C54H103NO10. The lowest BCUT2D eigenvalue weighted by atomic mass is 9.98. The van der Waals surface area contributed by atoms with Crippen molar-refractivity contribution in [2.45, 2.75) is 300 Å². The van der Waals surface area contributed by atoms with Crippen LogP contribution in [0, 0.1) is 0 Å². The number of aliphatic hydroxyl groups is 7. The van der Waals surface area contributed by atoms with E-state index in [2.05, 4.69) is 43.5 Å². The van der Waals surface area contributed by atoms with Gasteiger partial charge in [-0.15, -0.1) is 0 Å². The second-order valence-electron chi connectivity index (χ2n) is 19.3. The number of hydrogen-bond acceptors (Lipinski definition) is 10. The van der Waals surface area contributed by atoms with Gasteiger partial charge in [0, 0.05) is 0 Å². The molecule has 0 spiro atoms. The molecule has 1 fully saturated rings. The highest BCUT2D eigenvalue weighted by molar-refractivity contribution is 5.80. The Morgan fingerprint density at radius 3 is 1.37 bits per heavy atom. The molecule has 0 aliphatic carbocycles. The number of aliphatic hydroxyl groups excluding tert-OH is 7. The topological polar surface area (TPSA) is 189 Å². The molecule has 9 atom stereocenters. The molecule has 0 aromatic rings. The molecule has 11 nitrogen and oxygen atoms in total. The van der Waals surface area contributed by atoms with Crippen LogP contribution in [0.15, 0.2) is 24.3 Å². The molecule has 384 valence electrons. The summed E-state index contributed by atoms with van der Waals surface area (Å²) >= 11 is 0. The van der Waals surface area contributed by atoms with Crippen LogP contribution in [0.1, 0.15) is 245 Å². The number of amides is 1. The van der Waals surface area contributed by atoms with Gasteiger partial charge in [0.15, 0.2) is 6.29 Å². The number of unbranched alkanes of at least 4 members (excludes halogenated alkanes) is 30. The lowest BCUT2D eigenvalue weighted by Gasteiger charge is -2.40. The summed E-state index contributed by atoms with van der Waals surface area (Å²) in [7, 11) is 0. The van der Waals surface area contributed by atoms with Crippen molar-refractivity contribution in [2.75, 3.05) is 13.2 Å². The van der Waals surface area contributed by atoms with E-state index in [0.717, 1.165) is 38.5 Å². The van der Waals surface area contributed by atoms with Gasteiger partial charge in [-0.1, -0.05) is 218 Å². The zero-order valence-electron chi connectivity index (χ0n) is 41.7. The molecule has 0 aromatic heterocycles. The highest BCUT2D eigenvalue weighted by Crippen LogP contribution is 2.23. The number of allylic oxidation sites excluding steroid dienone is 4. The smallest absolute Gasteiger partial charge is 0.249 e. The van der Waals surface area contributed by atoms with Crippen molar-refractivity contribution in [3.63, 3.8) is 0 Å². The third-order valence-electron chi connectivity index (χ3n) is 13.2. The summed E-state index contributed by atoms with van der Waals surface area (Å²) in [5.41, 5.74) is 0. The fourth-order valence-corrected chi connectivity index (χ4v) is 8.75. The molecule has 0 saturated carbocycles. The van der Waals surface area contributed by atoms with E-state index >= 15 is 0 Å². The van der Waals surface area contributed by atoms with Crippen molar-refractivity contribution in [2.24, 2.45) is 0 Å². The van der Waals surface area contributed by atoms with Crippen LogP contribution in [-0.4, -0.2) is 110 Å². The first-order valence-corrected chi connectivity index (χ1v) is 27.2. The Bertz CT molecular complexity index is 1110. The van der Waals surface area contributed by atoms with Gasteiger partial charge >= 0.3 is 0 Å². The number of hydrogen-bond donors (Lipinski definition) is 8. The summed E-state index contributed by atoms with van der Waals surface area (Å²) in [6.45, 7) is 3.45. The van der Waals surface area contributed by atoms with E-state index in [1.165, 1.54) is 161 Å². The average molecular weight is 926 g/mol. The van der Waals surface area contributed by atoms with Crippen LogP contribution in [0.4, 0.5) is 0 Å². The van der Waals surface area contributed by atoms with Gasteiger partial charge < -0.3 is 50.5 Å². The Morgan fingerprint density at radius 2 is 0.923 bits per heavy atom. The predicted molar refractivity (Wildman–Crippen MR) is 266 cm³/mol. The van der Waals surface area contributed by atoms with Gasteiger partial charge in [-0.3, -0.25) is 4.79 Å². The molecule has 1 aliphatic rings. The maximum atomic E-state index is 13.1. The van der Waals surface area contributed by atoms with Gasteiger partial charge in [0.1, 0.15) is 36.6 Å². The van der Waals surface area contributed by atoms with Gasteiger partial charge in [0.05, 0.1) is 25.4 Å². The number of ether oxygens (including phenoxy) is 2. The van der Waals surface area contributed by atoms with Crippen LogP contribution in [0.3, 0.4) is 0 Å². The van der Waals surface area contributed by atoms with Crippen molar-refractivity contribution < 1.29 is 50.0 Å². The molecular weight excluding hydrogens is 823 g/mol. The lowest BCUT2D eigenvalue weighted by molar-refractivity contribution is -0.303. The quantitative estimate of drug-likeness (QED) is 0.0216. The van der Waals surface area contributed by atoms with Crippen molar-refractivity contribution in [3.05, 3.63) is 24.3 Å². The van der Waals surface area contributed by atoms with Crippen molar-refractivity contribution >= 4 is 5.91 Å². The summed E-state index contributed by atoms with van der Waals surface area (Å²) in [4.78, 5) is 13.1. The zero-order valence-corrected chi connectivity index (χ0v) is 41.7. The Morgan fingerprint density at radius 1 is 0.523 bits per heavy atom. The van der Waals surface area contributed by atoms with Gasteiger partial charge in [-0.05, 0) is 51.4 Å². The van der Waals surface area contributed by atoms with Crippen LogP contribution in [-0.2, 0) is 14.3 Å².